The van der Waals surface area contributed by atoms with Crippen LogP contribution >= 0.6 is 11.3 Å². The molecule has 0 bridgehead atoms. The topological polar surface area (TPSA) is 114 Å². The number of hydrogen-bond acceptors (Lipinski definition) is 7. The highest BCUT2D eigenvalue weighted by atomic mass is 32.1. The lowest BCUT2D eigenvalue weighted by molar-refractivity contribution is -0.148. The van der Waals surface area contributed by atoms with E-state index in [-0.39, 0.29) is 18.8 Å². The number of amides is 2. The Morgan fingerprint density at radius 3 is 2.33 bits per heavy atom. The third-order valence-electron chi connectivity index (χ3n) is 5.58. The van der Waals surface area contributed by atoms with Gasteiger partial charge in [-0.25, -0.2) is 4.79 Å². The molecular weight excluding hydrogens is 442 g/mol. The predicted molar refractivity (Wildman–Crippen MR) is 125 cm³/mol. The van der Waals surface area contributed by atoms with Gasteiger partial charge in [0.2, 0.25) is 5.91 Å². The number of ether oxygens (including phenoxy) is 1. The van der Waals surface area contributed by atoms with E-state index in [9.17, 15) is 19.2 Å². The summed E-state index contributed by atoms with van der Waals surface area (Å²) < 4.78 is 5.19. The van der Waals surface area contributed by atoms with Crippen LogP contribution in [-0.2, 0) is 20.7 Å². The average molecular weight is 472 g/mol. The van der Waals surface area contributed by atoms with E-state index in [0.717, 1.165) is 16.9 Å². The number of esters is 1. The Bertz CT molecular complexity index is 999. The second kappa shape index (κ2) is 11.2. The molecule has 1 aliphatic rings. The summed E-state index contributed by atoms with van der Waals surface area (Å²) in [4.78, 5) is 51.5. The predicted octanol–water partition coefficient (Wildman–Crippen LogP) is 2.09. The first-order valence-corrected chi connectivity index (χ1v) is 11.8. The van der Waals surface area contributed by atoms with Crippen LogP contribution < -0.4 is 16.0 Å². The zero-order chi connectivity index (χ0) is 23.8. The smallest absolute Gasteiger partial charge is 0.328 e. The van der Waals surface area contributed by atoms with Crippen LogP contribution in [0.2, 0.25) is 0 Å². The van der Waals surface area contributed by atoms with Gasteiger partial charge >= 0.3 is 5.97 Å². The molecular formula is C24H29N3O5S. The molecule has 33 heavy (non-hydrogen) atoms. The van der Waals surface area contributed by atoms with E-state index in [1.165, 1.54) is 6.92 Å². The van der Waals surface area contributed by atoms with Crippen LogP contribution in [0.5, 0.6) is 0 Å². The summed E-state index contributed by atoms with van der Waals surface area (Å²) in [6.07, 6.45) is 1.02. The summed E-state index contributed by atoms with van der Waals surface area (Å²) in [6, 6.07) is 11.7. The molecule has 0 aliphatic carbocycles. The van der Waals surface area contributed by atoms with E-state index in [0.29, 0.717) is 35.7 Å². The summed E-state index contributed by atoms with van der Waals surface area (Å²) >= 11 is 1.09. The Hall–Kier alpha value is -3.04. The number of hydrogen-bond donors (Lipinski definition) is 3. The van der Waals surface area contributed by atoms with Gasteiger partial charge in [0.15, 0.2) is 5.78 Å². The number of piperidine rings is 1. The number of Topliss-reactive ketones (excluding diaryl/α,β-unsaturated/α-hetero) is 1. The fraction of sp³-hybridized carbons (Fsp3) is 0.417. The van der Waals surface area contributed by atoms with Crippen molar-refractivity contribution in [1.82, 2.24) is 16.0 Å². The Kier molecular flexibility index (Phi) is 8.35. The summed E-state index contributed by atoms with van der Waals surface area (Å²) in [7, 11) is 0. The quantitative estimate of drug-likeness (QED) is 0.381. The van der Waals surface area contributed by atoms with Gasteiger partial charge in [-0.15, -0.1) is 11.3 Å². The van der Waals surface area contributed by atoms with Crippen LogP contribution in [-0.4, -0.2) is 54.8 Å². The van der Waals surface area contributed by atoms with E-state index < -0.39 is 29.4 Å². The fourth-order valence-electron chi connectivity index (χ4n) is 3.77. The standard InChI is InChI=1S/C24H29N3O5S/c1-3-32-22(30)18(15-17-7-5-4-6-8-17)26-23(31)24(11-13-25-14-12-24)27-21(29)20-10-9-19(33-20)16(2)28/h4-10,18,25H,3,11-15H2,1-2H3,(H,26,31)(H,27,29). The monoisotopic (exact) mass is 471 g/mol. The van der Waals surface area contributed by atoms with Gasteiger partial charge < -0.3 is 20.7 Å². The van der Waals surface area contributed by atoms with Gasteiger partial charge in [-0.1, -0.05) is 30.3 Å². The zero-order valence-corrected chi connectivity index (χ0v) is 19.6. The van der Waals surface area contributed by atoms with Crippen molar-refractivity contribution in [2.75, 3.05) is 19.7 Å². The number of thiophene rings is 1. The molecule has 2 heterocycles. The largest absolute Gasteiger partial charge is 0.464 e. The summed E-state index contributed by atoms with van der Waals surface area (Å²) in [5.74, 6) is -1.48. The lowest BCUT2D eigenvalue weighted by Crippen LogP contribution is -2.64. The Labute approximate surface area is 197 Å². The summed E-state index contributed by atoms with van der Waals surface area (Å²) in [5, 5.41) is 8.93. The van der Waals surface area contributed by atoms with Crippen molar-refractivity contribution in [3.05, 3.63) is 57.8 Å². The normalized spacial score (nSPS) is 15.8. The molecule has 0 saturated carbocycles. The highest BCUT2D eigenvalue weighted by Crippen LogP contribution is 2.23. The maximum atomic E-state index is 13.5. The SMILES string of the molecule is CCOC(=O)C(Cc1ccccc1)NC(=O)C1(NC(=O)c2ccc(C(C)=O)s2)CCNCC1. The molecule has 1 atom stereocenters. The van der Waals surface area contributed by atoms with Crippen molar-refractivity contribution < 1.29 is 23.9 Å². The number of carbonyl (C=O) groups is 4. The van der Waals surface area contributed by atoms with Crippen LogP contribution in [0.4, 0.5) is 0 Å². The van der Waals surface area contributed by atoms with Gasteiger partial charge in [0.25, 0.3) is 5.91 Å². The van der Waals surface area contributed by atoms with Gasteiger partial charge in [-0.3, -0.25) is 14.4 Å². The highest BCUT2D eigenvalue weighted by Gasteiger charge is 2.43. The minimum atomic E-state index is -1.18. The molecule has 9 heteroatoms. The number of ketones is 1. The maximum Gasteiger partial charge on any atom is 0.328 e. The minimum absolute atomic E-state index is 0.119. The third kappa shape index (κ3) is 6.27. The molecule has 0 spiro atoms. The second-order valence-corrected chi connectivity index (χ2v) is 9.06. The first-order valence-electron chi connectivity index (χ1n) is 11.0. The molecule has 1 saturated heterocycles. The van der Waals surface area contributed by atoms with Crippen LogP contribution in [0, 0.1) is 0 Å². The molecule has 1 aromatic carbocycles. The van der Waals surface area contributed by atoms with Crippen molar-refractivity contribution in [2.45, 2.75) is 44.7 Å². The Balaban J connectivity index is 1.80. The second-order valence-electron chi connectivity index (χ2n) is 7.97. The lowest BCUT2D eigenvalue weighted by atomic mass is 9.86. The first kappa shape index (κ1) is 24.6. The first-order chi connectivity index (χ1) is 15.8. The molecule has 8 nitrogen and oxygen atoms in total. The molecule has 1 aromatic heterocycles. The van der Waals surface area contributed by atoms with Gasteiger partial charge in [-0.2, -0.15) is 0 Å². The van der Waals surface area contributed by atoms with Gasteiger partial charge in [-0.05, 0) is 57.5 Å². The van der Waals surface area contributed by atoms with Crippen molar-refractivity contribution >= 4 is 34.9 Å². The van der Waals surface area contributed by atoms with Crippen LogP contribution in [0.25, 0.3) is 0 Å². The van der Waals surface area contributed by atoms with Crippen LogP contribution in [0.3, 0.4) is 0 Å². The number of benzene rings is 1. The summed E-state index contributed by atoms with van der Waals surface area (Å²) in [5.41, 5.74) is -0.293. The third-order valence-corrected chi connectivity index (χ3v) is 6.77. The minimum Gasteiger partial charge on any atom is -0.464 e. The molecule has 3 rings (SSSR count). The van der Waals surface area contributed by atoms with E-state index in [4.69, 9.17) is 4.74 Å². The van der Waals surface area contributed by atoms with E-state index in [2.05, 4.69) is 16.0 Å². The fourth-order valence-corrected chi connectivity index (χ4v) is 4.57. The lowest BCUT2D eigenvalue weighted by Gasteiger charge is -2.37. The molecule has 1 aliphatic heterocycles. The van der Waals surface area contributed by atoms with Crippen molar-refractivity contribution in [3.63, 3.8) is 0 Å². The van der Waals surface area contributed by atoms with E-state index in [1.54, 1.807) is 19.1 Å². The highest BCUT2D eigenvalue weighted by molar-refractivity contribution is 7.16. The Morgan fingerprint density at radius 1 is 1.06 bits per heavy atom. The number of rotatable bonds is 9. The van der Waals surface area contributed by atoms with Crippen molar-refractivity contribution in [1.29, 1.82) is 0 Å². The number of nitrogens with one attached hydrogen (secondary N) is 3. The maximum absolute atomic E-state index is 13.5. The van der Waals surface area contributed by atoms with Crippen LogP contribution in [0.15, 0.2) is 42.5 Å². The molecule has 3 N–H and O–H groups in total. The van der Waals surface area contributed by atoms with Crippen molar-refractivity contribution in [3.8, 4) is 0 Å². The average Bonchev–Trinajstić information content (AvgIpc) is 3.31. The van der Waals surface area contributed by atoms with E-state index in [1.807, 2.05) is 30.3 Å². The molecule has 2 aromatic rings. The molecule has 2 amide bonds. The van der Waals surface area contributed by atoms with Gasteiger partial charge in [0.05, 0.1) is 16.4 Å². The summed E-state index contributed by atoms with van der Waals surface area (Å²) in [6.45, 7) is 4.43. The van der Waals surface area contributed by atoms with Crippen molar-refractivity contribution in [2.24, 2.45) is 0 Å². The Morgan fingerprint density at radius 2 is 1.73 bits per heavy atom. The molecule has 176 valence electrons. The van der Waals surface area contributed by atoms with Crippen LogP contribution in [0.1, 0.15) is 51.6 Å². The van der Waals surface area contributed by atoms with Gasteiger partial charge in [0.1, 0.15) is 11.6 Å². The zero-order valence-electron chi connectivity index (χ0n) is 18.8. The van der Waals surface area contributed by atoms with Gasteiger partial charge in [0, 0.05) is 6.42 Å². The number of carbonyl (C=O) groups excluding carboxylic acids is 4. The van der Waals surface area contributed by atoms with E-state index >= 15 is 0 Å². The molecule has 0 radical (unpaired) electrons. The molecule has 1 unspecified atom stereocenters. The molecule has 1 fully saturated rings.